The van der Waals surface area contributed by atoms with Crippen molar-refractivity contribution in [3.05, 3.63) is 61.9 Å². The van der Waals surface area contributed by atoms with Crippen LogP contribution in [0, 0.1) is 44.8 Å². The van der Waals surface area contributed by atoms with Crippen LogP contribution < -0.4 is 11.4 Å². The third kappa shape index (κ3) is 4.48. The highest BCUT2D eigenvalue weighted by Crippen LogP contribution is 2.79. The number of ketones is 1. The molecule has 54 heavy (non-hydrogen) atoms. The summed E-state index contributed by atoms with van der Waals surface area (Å²) in [6.45, 7) is 21.1. The molecule has 2 aromatic rings. The van der Waals surface area contributed by atoms with E-state index in [0.717, 1.165) is 51.4 Å². The van der Waals surface area contributed by atoms with Gasteiger partial charge in [0, 0.05) is 30.2 Å². The van der Waals surface area contributed by atoms with Gasteiger partial charge >= 0.3 is 23.3 Å². The lowest BCUT2D eigenvalue weighted by molar-refractivity contribution is -0.218. The first-order valence-corrected chi connectivity index (χ1v) is 20.4. The lowest BCUT2D eigenvalue weighted by Gasteiger charge is -2.72. The molecule has 5 aliphatic carbocycles. The van der Waals surface area contributed by atoms with E-state index in [2.05, 4.69) is 48.5 Å². The Kier molecular flexibility index (Phi) is 8.05. The van der Waals surface area contributed by atoms with Crippen molar-refractivity contribution >= 4 is 17.7 Å². The minimum Gasteiger partial charge on any atom is -0.465 e. The number of aromatic nitrogens is 3. The molecule has 0 amide bonds. The van der Waals surface area contributed by atoms with Crippen LogP contribution in [0.4, 0.5) is 0 Å². The van der Waals surface area contributed by atoms with E-state index in [-0.39, 0.29) is 81.3 Å². The maximum absolute atomic E-state index is 15.2. The molecule has 9 atom stereocenters. The van der Waals surface area contributed by atoms with Crippen molar-refractivity contribution in [1.29, 1.82) is 0 Å². The maximum atomic E-state index is 15.2. The van der Waals surface area contributed by atoms with E-state index < -0.39 is 11.0 Å². The Morgan fingerprint density at radius 3 is 2.09 bits per heavy atom. The second-order valence-corrected chi connectivity index (χ2v) is 19.7. The Balaban J connectivity index is 1.39. The zero-order valence-corrected chi connectivity index (χ0v) is 34.0. The van der Waals surface area contributed by atoms with Crippen LogP contribution in [-0.2, 0) is 24.6 Å². The fourth-order valence-corrected chi connectivity index (χ4v) is 14.3. The molecule has 6 aliphatic rings. The van der Waals surface area contributed by atoms with E-state index in [0.29, 0.717) is 23.6 Å². The highest BCUT2D eigenvalue weighted by Gasteiger charge is 2.73. The largest absolute Gasteiger partial charge is 0.465 e. The number of esters is 2. The third-order valence-electron chi connectivity index (χ3n) is 17.0. The van der Waals surface area contributed by atoms with Crippen molar-refractivity contribution in [2.75, 3.05) is 6.61 Å². The first kappa shape index (κ1) is 37.2. The van der Waals surface area contributed by atoms with Crippen molar-refractivity contribution in [1.82, 2.24) is 13.9 Å². The molecule has 0 saturated heterocycles. The molecule has 10 heteroatoms. The van der Waals surface area contributed by atoms with Gasteiger partial charge in [0.2, 0.25) is 0 Å². The summed E-state index contributed by atoms with van der Waals surface area (Å²) >= 11 is 0. The van der Waals surface area contributed by atoms with E-state index >= 15 is 9.59 Å². The number of ether oxygens (including phenoxy) is 2. The lowest BCUT2D eigenvalue weighted by atomic mass is 9.33. The smallest absolute Gasteiger partial charge is 0.352 e. The van der Waals surface area contributed by atoms with Crippen molar-refractivity contribution in [2.45, 2.75) is 145 Å². The Bertz CT molecular complexity index is 2120. The van der Waals surface area contributed by atoms with Gasteiger partial charge in [-0.15, -0.1) is 0 Å². The van der Waals surface area contributed by atoms with Crippen LogP contribution in [0.2, 0.25) is 0 Å². The summed E-state index contributed by atoms with van der Waals surface area (Å²) in [5, 5.41) is 0. The van der Waals surface area contributed by atoms with Crippen molar-refractivity contribution in [2.24, 2.45) is 44.8 Å². The van der Waals surface area contributed by atoms with Crippen LogP contribution in [0.25, 0.3) is 5.69 Å². The number of carbonyl (C=O) groups is 3. The molecule has 10 nitrogen and oxygen atoms in total. The number of allylic oxidation sites excluding steroid dienone is 1. The number of hydrogen-bond donors (Lipinski definition) is 0. The van der Waals surface area contributed by atoms with E-state index in [4.69, 9.17) is 9.47 Å². The van der Waals surface area contributed by atoms with Gasteiger partial charge in [0.05, 0.1) is 17.3 Å². The van der Waals surface area contributed by atoms with E-state index in [1.54, 1.807) is 24.3 Å². The SMILES string of the molecule is CC(=O)OC[C@]12CCC3(C(C)C)C1=C1C(CC4[C@@]5(C)CC[C@H](OC(C)=O)C(C)(C)C5CC[C@@]4(C)[C@]1(C)CC2)n1c(=O)n(-c2ccc(C(C)=O)cc2)c(=O)n13. The number of benzene rings is 1. The predicted molar refractivity (Wildman–Crippen MR) is 204 cm³/mol. The van der Waals surface area contributed by atoms with Gasteiger partial charge in [-0.1, -0.05) is 48.5 Å². The summed E-state index contributed by atoms with van der Waals surface area (Å²) in [5.41, 5.74) is 0.906. The molecule has 2 heterocycles. The van der Waals surface area contributed by atoms with Gasteiger partial charge in [-0.3, -0.25) is 14.4 Å². The minimum atomic E-state index is -0.775. The summed E-state index contributed by atoms with van der Waals surface area (Å²) < 4.78 is 17.0. The summed E-state index contributed by atoms with van der Waals surface area (Å²) in [4.78, 5) is 67.3. The summed E-state index contributed by atoms with van der Waals surface area (Å²) in [5.74, 6) is -0.120. The van der Waals surface area contributed by atoms with Gasteiger partial charge in [0.15, 0.2) is 5.78 Å². The van der Waals surface area contributed by atoms with Crippen LogP contribution in [0.5, 0.6) is 0 Å². The van der Waals surface area contributed by atoms with Gasteiger partial charge in [-0.25, -0.2) is 23.5 Å². The summed E-state index contributed by atoms with van der Waals surface area (Å²) in [7, 11) is 0. The molecular weight excluding hydrogens is 682 g/mol. The van der Waals surface area contributed by atoms with Gasteiger partial charge in [-0.05, 0) is 134 Å². The first-order valence-electron chi connectivity index (χ1n) is 20.4. The molecule has 1 aliphatic heterocycles. The fourth-order valence-electron chi connectivity index (χ4n) is 14.3. The number of nitrogens with zero attached hydrogens (tertiary/aromatic N) is 3. The second kappa shape index (κ2) is 11.7. The van der Waals surface area contributed by atoms with Gasteiger partial charge < -0.3 is 9.47 Å². The standard InChI is InChI=1S/C44H59N3O7/c1-25(2)44-22-21-43(24-53-27(4)49)20-19-42(10)35(36(43)44)31(46-37(51)45(38(52)47(44)46)30-13-11-29(12-14-30)26(3)48)23-33-40(8)17-16-34(54-28(5)50)39(6,7)32(40)15-18-41(33,42)9/h11-14,25,31-34H,15-24H2,1-10H3/t31?,32?,33?,34-,40-,41+,42+,43-,44?/m0/s1. The lowest BCUT2D eigenvalue weighted by Crippen LogP contribution is -2.67. The number of rotatable bonds is 6. The quantitative estimate of drug-likeness (QED) is 0.171. The summed E-state index contributed by atoms with van der Waals surface area (Å²) in [6.07, 6.45) is 7.54. The normalized spacial score (nSPS) is 38.6. The molecule has 1 aromatic carbocycles. The molecule has 4 saturated carbocycles. The monoisotopic (exact) mass is 741 g/mol. The molecule has 8 rings (SSSR count). The molecule has 0 spiro atoms. The predicted octanol–water partition coefficient (Wildman–Crippen LogP) is 7.54. The molecule has 0 N–H and O–H groups in total. The van der Waals surface area contributed by atoms with E-state index in [1.807, 2.05) is 9.36 Å². The van der Waals surface area contributed by atoms with Crippen molar-refractivity contribution in [3.8, 4) is 5.69 Å². The Morgan fingerprint density at radius 1 is 0.815 bits per heavy atom. The van der Waals surface area contributed by atoms with Crippen molar-refractivity contribution < 1.29 is 23.9 Å². The fraction of sp³-hybridized carbons (Fsp3) is 0.705. The van der Waals surface area contributed by atoms with Gasteiger partial charge in [0.25, 0.3) is 0 Å². The summed E-state index contributed by atoms with van der Waals surface area (Å²) in [6, 6.07) is 6.44. The van der Waals surface area contributed by atoms with E-state index in [1.165, 1.54) is 36.5 Å². The molecule has 4 unspecified atom stereocenters. The Labute approximate surface area is 318 Å². The van der Waals surface area contributed by atoms with Gasteiger partial charge in [0.1, 0.15) is 12.7 Å². The van der Waals surface area contributed by atoms with Crippen LogP contribution in [0.15, 0.2) is 45.0 Å². The van der Waals surface area contributed by atoms with Crippen molar-refractivity contribution in [3.63, 3.8) is 0 Å². The highest BCUT2D eigenvalue weighted by molar-refractivity contribution is 5.94. The second-order valence-electron chi connectivity index (χ2n) is 19.7. The number of Topliss-reactive ketones (excluding diaryl/α,β-unsaturated/α-hetero) is 1. The Hall–Kier alpha value is -3.69. The topological polar surface area (TPSA) is 119 Å². The maximum Gasteiger partial charge on any atom is 0.352 e. The molecule has 0 radical (unpaired) electrons. The van der Waals surface area contributed by atoms with Crippen LogP contribution in [0.3, 0.4) is 0 Å². The first-order chi connectivity index (χ1) is 25.2. The van der Waals surface area contributed by atoms with Crippen LogP contribution in [0.1, 0.15) is 143 Å². The number of fused-ring (bicyclic) bond motifs is 7. The zero-order chi connectivity index (χ0) is 39.1. The van der Waals surface area contributed by atoms with Crippen LogP contribution in [-0.4, -0.2) is 44.4 Å². The van der Waals surface area contributed by atoms with Gasteiger partial charge in [-0.2, -0.15) is 0 Å². The third-order valence-corrected chi connectivity index (χ3v) is 17.0. The zero-order valence-electron chi connectivity index (χ0n) is 34.0. The molecule has 1 aromatic heterocycles. The number of carbonyl (C=O) groups excluding carboxylic acids is 3. The molecular formula is C44H59N3O7. The average molecular weight is 742 g/mol. The molecule has 292 valence electrons. The molecule has 0 bridgehead atoms. The number of hydrogen-bond acceptors (Lipinski definition) is 7. The highest BCUT2D eigenvalue weighted by atomic mass is 16.5. The Morgan fingerprint density at radius 2 is 1.48 bits per heavy atom. The molecule has 4 fully saturated rings. The average Bonchev–Trinajstić information content (AvgIpc) is 3.58. The minimum absolute atomic E-state index is 0.0297. The van der Waals surface area contributed by atoms with Crippen LogP contribution >= 0.6 is 0 Å². The van der Waals surface area contributed by atoms with E-state index in [9.17, 15) is 14.4 Å².